The summed E-state index contributed by atoms with van der Waals surface area (Å²) in [4.78, 5) is 50.9. The highest BCUT2D eigenvalue weighted by Gasteiger charge is 2.34. The largest absolute Gasteiger partial charge is 0.361 e. The lowest BCUT2D eigenvalue weighted by Gasteiger charge is -2.31. The number of benzene rings is 2. The van der Waals surface area contributed by atoms with Crippen LogP contribution in [0.5, 0.6) is 0 Å². The fraction of sp³-hybridized carbons (Fsp3) is 0.333. The molecule has 0 saturated carbocycles. The van der Waals surface area contributed by atoms with E-state index in [1.807, 2.05) is 30.3 Å². The standard InChI is InChI=1S/C33H38ClFN8O3S/c1-43-28(14-20-17-39-25-8-3-2-7-21(20)25)31(45)41-18-22-24(35)11-10-23(34)29(22)47-32-19(6-5-13-38-32)16-40-26(9-4-12-36)30(44)42-27(15-37)33(43)46/h2-3,5-8,10-11,13,17,26-28,39-40H,4,9,12,14-16,18,36-37H2,1H3,(H,41,45)(H,42,44)/t26-,27-,28-/m0/s1. The predicted octanol–water partition coefficient (Wildman–Crippen LogP) is 2.85. The summed E-state index contributed by atoms with van der Waals surface area (Å²) in [5, 5.41) is 10.6. The first-order valence-electron chi connectivity index (χ1n) is 15.3. The summed E-state index contributed by atoms with van der Waals surface area (Å²) in [6.07, 6.45) is 4.50. The van der Waals surface area contributed by atoms with Crippen molar-refractivity contribution in [3.63, 3.8) is 0 Å². The highest BCUT2D eigenvalue weighted by Crippen LogP contribution is 2.38. The Morgan fingerprint density at radius 1 is 1.04 bits per heavy atom. The topological polar surface area (TPSA) is 171 Å². The minimum Gasteiger partial charge on any atom is -0.361 e. The molecule has 47 heavy (non-hydrogen) atoms. The molecular formula is C33H38ClFN8O3S. The van der Waals surface area contributed by atoms with Gasteiger partial charge in [-0.05, 0) is 54.8 Å². The molecule has 248 valence electrons. The van der Waals surface area contributed by atoms with Gasteiger partial charge in [0.1, 0.15) is 22.9 Å². The summed E-state index contributed by atoms with van der Waals surface area (Å²) in [6.45, 7) is 0.220. The first-order chi connectivity index (χ1) is 22.7. The van der Waals surface area contributed by atoms with E-state index in [-0.39, 0.29) is 36.6 Å². The fourth-order valence-corrected chi connectivity index (χ4v) is 6.91. The molecule has 3 amide bonds. The number of amides is 3. The van der Waals surface area contributed by atoms with Crippen molar-refractivity contribution in [3.05, 3.63) is 88.5 Å². The number of aromatic amines is 1. The molecule has 14 heteroatoms. The Bertz CT molecular complexity index is 1750. The van der Waals surface area contributed by atoms with Crippen LogP contribution in [-0.4, -0.2) is 70.9 Å². The molecule has 0 aliphatic carbocycles. The lowest BCUT2D eigenvalue weighted by atomic mass is 10.0. The Labute approximate surface area is 281 Å². The van der Waals surface area contributed by atoms with E-state index in [4.69, 9.17) is 23.1 Å². The average Bonchev–Trinajstić information content (AvgIpc) is 3.49. The minimum absolute atomic E-state index is 0.140. The van der Waals surface area contributed by atoms with Gasteiger partial charge in [-0.3, -0.25) is 14.4 Å². The van der Waals surface area contributed by atoms with Gasteiger partial charge in [0.25, 0.3) is 0 Å². The van der Waals surface area contributed by atoms with Gasteiger partial charge in [-0.25, -0.2) is 9.37 Å². The summed E-state index contributed by atoms with van der Waals surface area (Å²) < 4.78 is 15.4. The third kappa shape index (κ3) is 7.94. The fourth-order valence-electron chi connectivity index (χ4n) is 5.58. The maximum absolute atomic E-state index is 15.4. The van der Waals surface area contributed by atoms with Crippen molar-refractivity contribution < 1.29 is 18.8 Å². The van der Waals surface area contributed by atoms with Crippen LogP contribution in [0.2, 0.25) is 5.02 Å². The Balaban J connectivity index is 1.57. The molecule has 4 aromatic rings. The molecule has 2 aromatic heterocycles. The number of nitrogens with zero attached hydrogens (tertiary/aromatic N) is 2. The Kier molecular flexibility index (Phi) is 11.5. The van der Waals surface area contributed by atoms with Crippen LogP contribution >= 0.6 is 23.4 Å². The Hall–Kier alpha value is -4.01. The first kappa shape index (κ1) is 34.3. The van der Waals surface area contributed by atoms with Gasteiger partial charge in [-0.2, -0.15) is 0 Å². The number of carbonyl (C=O) groups is 3. The zero-order valence-corrected chi connectivity index (χ0v) is 27.5. The molecule has 0 unspecified atom stereocenters. The van der Waals surface area contributed by atoms with Gasteiger partial charge in [0.15, 0.2) is 0 Å². The molecule has 1 aliphatic rings. The van der Waals surface area contributed by atoms with Crippen molar-refractivity contribution in [1.29, 1.82) is 0 Å². The third-order valence-electron chi connectivity index (χ3n) is 8.25. The van der Waals surface area contributed by atoms with Crippen LogP contribution in [0.15, 0.2) is 70.8 Å². The number of hydrogen-bond acceptors (Lipinski definition) is 8. The molecule has 11 nitrogen and oxygen atoms in total. The van der Waals surface area contributed by atoms with E-state index < -0.39 is 41.7 Å². The summed E-state index contributed by atoms with van der Waals surface area (Å²) in [5.74, 6) is -2.04. The first-order valence-corrected chi connectivity index (χ1v) is 16.5. The number of carbonyl (C=O) groups excluding carboxylic acids is 3. The maximum atomic E-state index is 15.4. The van der Waals surface area contributed by atoms with E-state index >= 15 is 4.39 Å². The van der Waals surface area contributed by atoms with E-state index in [1.165, 1.54) is 35.8 Å². The quantitative estimate of drug-likeness (QED) is 0.181. The van der Waals surface area contributed by atoms with E-state index in [1.54, 1.807) is 18.5 Å². The van der Waals surface area contributed by atoms with E-state index in [0.717, 1.165) is 22.0 Å². The number of para-hydroxylation sites is 1. The van der Waals surface area contributed by atoms with Crippen molar-refractivity contribution in [2.45, 2.75) is 60.4 Å². The molecule has 0 saturated heterocycles. The molecule has 0 fully saturated rings. The number of halogens is 2. The lowest BCUT2D eigenvalue weighted by Crippen LogP contribution is -2.59. The summed E-state index contributed by atoms with van der Waals surface area (Å²) >= 11 is 7.79. The summed E-state index contributed by atoms with van der Waals surface area (Å²) in [7, 11) is 1.50. The maximum Gasteiger partial charge on any atom is 0.246 e. The number of likely N-dealkylation sites (N-methyl/N-ethyl adjacent to an activating group) is 1. The van der Waals surface area contributed by atoms with Crippen molar-refractivity contribution in [1.82, 2.24) is 30.8 Å². The van der Waals surface area contributed by atoms with Crippen LogP contribution in [0.25, 0.3) is 10.9 Å². The Morgan fingerprint density at radius 2 is 1.85 bits per heavy atom. The smallest absolute Gasteiger partial charge is 0.246 e. The zero-order valence-electron chi connectivity index (χ0n) is 25.9. The third-order valence-corrected chi connectivity index (χ3v) is 9.91. The van der Waals surface area contributed by atoms with Crippen LogP contribution < -0.4 is 27.4 Å². The average molecular weight is 681 g/mol. The second-order valence-electron chi connectivity index (χ2n) is 11.3. The highest BCUT2D eigenvalue weighted by molar-refractivity contribution is 7.99. The van der Waals surface area contributed by atoms with Crippen LogP contribution in [0, 0.1) is 5.82 Å². The molecule has 3 atom stereocenters. The van der Waals surface area contributed by atoms with Gasteiger partial charge in [0.2, 0.25) is 17.7 Å². The van der Waals surface area contributed by atoms with E-state index in [0.29, 0.717) is 29.3 Å². The van der Waals surface area contributed by atoms with Gasteiger partial charge in [-0.15, -0.1) is 0 Å². The molecule has 0 spiro atoms. The molecule has 3 heterocycles. The number of fused-ring (bicyclic) bond motifs is 3. The van der Waals surface area contributed by atoms with Gasteiger partial charge >= 0.3 is 0 Å². The number of H-pyrrole nitrogens is 1. The van der Waals surface area contributed by atoms with Gasteiger partial charge in [0.05, 0.1) is 11.1 Å². The highest BCUT2D eigenvalue weighted by atomic mass is 35.5. The van der Waals surface area contributed by atoms with E-state index in [9.17, 15) is 14.4 Å². The number of pyridine rings is 1. The van der Waals surface area contributed by atoms with Crippen LogP contribution in [0.4, 0.5) is 4.39 Å². The monoisotopic (exact) mass is 680 g/mol. The van der Waals surface area contributed by atoms with Gasteiger partial charge in [-0.1, -0.05) is 47.6 Å². The molecule has 2 aromatic carbocycles. The zero-order chi connectivity index (χ0) is 33.5. The van der Waals surface area contributed by atoms with Crippen molar-refractivity contribution in [2.75, 3.05) is 20.1 Å². The van der Waals surface area contributed by atoms with E-state index in [2.05, 4.69) is 25.9 Å². The number of nitrogens with one attached hydrogen (secondary N) is 4. The Morgan fingerprint density at radius 3 is 2.64 bits per heavy atom. The van der Waals surface area contributed by atoms with Crippen LogP contribution in [0.3, 0.4) is 0 Å². The predicted molar refractivity (Wildman–Crippen MR) is 180 cm³/mol. The summed E-state index contributed by atoms with van der Waals surface area (Å²) in [5.41, 5.74) is 14.4. The molecule has 5 rings (SSSR count). The normalized spacial score (nSPS) is 19.9. The summed E-state index contributed by atoms with van der Waals surface area (Å²) in [6, 6.07) is 11.1. The SMILES string of the molecule is CN1C(=O)[C@H](CN)NC(=O)[C@H](CCCN)NCc2cccnc2Sc2c(Cl)ccc(F)c2CNC(=O)[C@@H]1Cc1c[nH]c2ccccc12. The number of rotatable bonds is 6. The molecular weight excluding hydrogens is 643 g/mol. The van der Waals surface area contributed by atoms with Gasteiger partial charge in [0, 0.05) is 66.9 Å². The molecule has 0 bridgehead atoms. The van der Waals surface area contributed by atoms with Crippen molar-refractivity contribution in [3.8, 4) is 0 Å². The van der Waals surface area contributed by atoms with Crippen LogP contribution in [-0.2, 0) is 33.9 Å². The second-order valence-corrected chi connectivity index (χ2v) is 12.7. The molecule has 1 aliphatic heterocycles. The van der Waals surface area contributed by atoms with Crippen molar-refractivity contribution in [2.24, 2.45) is 11.5 Å². The number of aromatic nitrogens is 2. The number of nitrogens with two attached hydrogens (primary N) is 2. The van der Waals surface area contributed by atoms with Gasteiger partial charge < -0.3 is 37.3 Å². The van der Waals surface area contributed by atoms with Crippen molar-refractivity contribution >= 4 is 52.0 Å². The van der Waals surface area contributed by atoms with Crippen LogP contribution in [0.1, 0.15) is 29.5 Å². The second kappa shape index (κ2) is 15.7. The lowest BCUT2D eigenvalue weighted by molar-refractivity contribution is -0.141. The molecule has 8 N–H and O–H groups in total. The minimum atomic E-state index is -1.11. The number of hydrogen-bond donors (Lipinski definition) is 6. The molecule has 0 radical (unpaired) electrons.